The monoisotopic (exact) mass is 210 g/mol. The normalized spacial score (nSPS) is 12.1. The molecule has 88 valence electrons. The van der Waals surface area contributed by atoms with Crippen LogP contribution in [0.3, 0.4) is 0 Å². The molecule has 0 radical (unpaired) electrons. The first-order valence-corrected chi connectivity index (χ1v) is 5.84. The predicted octanol–water partition coefficient (Wildman–Crippen LogP) is 2.00. The third-order valence-corrected chi connectivity index (χ3v) is 2.55. The lowest BCUT2D eigenvalue weighted by molar-refractivity contribution is 0.238. The molecule has 0 aromatic heterocycles. The summed E-state index contributed by atoms with van der Waals surface area (Å²) in [6.45, 7) is 10.2. The quantitative estimate of drug-likeness (QED) is 0.631. The van der Waals surface area contributed by atoms with E-state index in [2.05, 4.69) is 38.9 Å². The zero-order valence-corrected chi connectivity index (χ0v) is 10.6. The Morgan fingerprint density at radius 3 is 1.93 bits per heavy atom. The summed E-state index contributed by atoms with van der Waals surface area (Å²) in [5.74, 6) is 3.91. The molecular weight excluding hydrogens is 184 g/mol. The highest BCUT2D eigenvalue weighted by atomic mass is 15.0. The summed E-state index contributed by atoms with van der Waals surface area (Å²) in [6.07, 6.45) is 7.47. The van der Waals surface area contributed by atoms with E-state index < -0.39 is 0 Å². The van der Waals surface area contributed by atoms with E-state index >= 15 is 0 Å². The molecule has 0 heterocycles. The van der Waals surface area contributed by atoms with Gasteiger partial charge in [-0.05, 0) is 24.7 Å². The van der Waals surface area contributed by atoms with E-state index in [1.54, 1.807) is 0 Å². The second-order valence-electron chi connectivity index (χ2n) is 5.24. The minimum Gasteiger partial charge on any atom is -0.329 e. The van der Waals surface area contributed by atoms with Crippen molar-refractivity contribution >= 4 is 0 Å². The molecule has 2 heteroatoms. The fourth-order valence-electron chi connectivity index (χ4n) is 2.27. The second-order valence-corrected chi connectivity index (χ2v) is 5.24. The van der Waals surface area contributed by atoms with Gasteiger partial charge in [0.15, 0.2) is 0 Å². The molecule has 0 atom stereocenters. The third-order valence-electron chi connectivity index (χ3n) is 2.55. The van der Waals surface area contributed by atoms with Gasteiger partial charge in [-0.15, -0.1) is 6.42 Å². The van der Waals surface area contributed by atoms with E-state index in [1.807, 2.05) is 0 Å². The molecule has 0 saturated carbocycles. The summed E-state index contributed by atoms with van der Waals surface area (Å²) in [5.41, 5.74) is 5.94. The lowest BCUT2D eigenvalue weighted by Crippen LogP contribution is -2.53. The van der Waals surface area contributed by atoms with Crippen LogP contribution in [-0.2, 0) is 0 Å². The third kappa shape index (κ3) is 5.81. The van der Waals surface area contributed by atoms with Crippen LogP contribution in [0.2, 0.25) is 0 Å². The molecule has 0 aromatic rings. The Morgan fingerprint density at radius 1 is 1.20 bits per heavy atom. The van der Waals surface area contributed by atoms with Crippen molar-refractivity contribution in [3.8, 4) is 12.3 Å². The van der Waals surface area contributed by atoms with Crippen LogP contribution < -0.4 is 11.1 Å². The van der Waals surface area contributed by atoms with Crippen molar-refractivity contribution < 1.29 is 0 Å². The van der Waals surface area contributed by atoms with Crippen molar-refractivity contribution in [1.29, 1.82) is 0 Å². The molecule has 0 bridgehead atoms. The van der Waals surface area contributed by atoms with Gasteiger partial charge in [0.1, 0.15) is 0 Å². The zero-order valence-electron chi connectivity index (χ0n) is 10.6. The van der Waals surface area contributed by atoms with Crippen LogP contribution in [0.1, 0.15) is 40.5 Å². The van der Waals surface area contributed by atoms with Gasteiger partial charge in [0.25, 0.3) is 0 Å². The number of rotatable bonds is 7. The number of terminal acetylenes is 1. The van der Waals surface area contributed by atoms with Crippen LogP contribution >= 0.6 is 0 Å². The van der Waals surface area contributed by atoms with Gasteiger partial charge in [-0.3, -0.25) is 5.32 Å². The van der Waals surface area contributed by atoms with Gasteiger partial charge in [-0.2, -0.15) is 0 Å². The lowest BCUT2D eigenvalue weighted by atomic mass is 9.82. The summed E-state index contributed by atoms with van der Waals surface area (Å²) >= 11 is 0. The van der Waals surface area contributed by atoms with Crippen molar-refractivity contribution in [2.45, 2.75) is 46.1 Å². The first-order valence-electron chi connectivity index (χ1n) is 5.84. The highest BCUT2D eigenvalue weighted by Crippen LogP contribution is 2.23. The van der Waals surface area contributed by atoms with Gasteiger partial charge in [0, 0.05) is 12.1 Å². The van der Waals surface area contributed by atoms with Crippen LogP contribution in [0, 0.1) is 24.2 Å². The van der Waals surface area contributed by atoms with Crippen LogP contribution in [0.15, 0.2) is 0 Å². The van der Waals surface area contributed by atoms with Gasteiger partial charge in [-0.25, -0.2) is 0 Å². The molecule has 0 unspecified atom stereocenters. The van der Waals surface area contributed by atoms with E-state index in [0.29, 0.717) is 24.9 Å². The largest absolute Gasteiger partial charge is 0.329 e. The smallest absolute Gasteiger partial charge is 0.0578 e. The highest BCUT2D eigenvalue weighted by molar-refractivity contribution is 4.96. The van der Waals surface area contributed by atoms with Crippen LogP contribution in [0.25, 0.3) is 0 Å². The van der Waals surface area contributed by atoms with Gasteiger partial charge in [-0.1, -0.05) is 33.6 Å². The first-order chi connectivity index (χ1) is 6.95. The number of nitrogens with one attached hydrogen (secondary N) is 1. The molecule has 0 aromatic carbocycles. The molecule has 0 saturated heterocycles. The van der Waals surface area contributed by atoms with Crippen molar-refractivity contribution in [3.63, 3.8) is 0 Å². The molecule has 0 amide bonds. The summed E-state index contributed by atoms with van der Waals surface area (Å²) in [6, 6.07) is 0. The van der Waals surface area contributed by atoms with Gasteiger partial charge in [0.2, 0.25) is 0 Å². The SMILES string of the molecule is C#CCNC(CN)(CC(C)C)CC(C)C. The van der Waals surface area contributed by atoms with Crippen molar-refractivity contribution in [3.05, 3.63) is 0 Å². The molecule has 0 spiro atoms. The fraction of sp³-hybridized carbons (Fsp3) is 0.846. The van der Waals surface area contributed by atoms with Crippen LogP contribution in [0.4, 0.5) is 0 Å². The summed E-state index contributed by atoms with van der Waals surface area (Å²) < 4.78 is 0. The minimum atomic E-state index is 0.0225. The zero-order chi connectivity index (χ0) is 11.9. The maximum absolute atomic E-state index is 5.91. The maximum Gasteiger partial charge on any atom is 0.0578 e. The minimum absolute atomic E-state index is 0.0225. The predicted molar refractivity (Wildman–Crippen MR) is 67.5 cm³/mol. The fourth-order valence-corrected chi connectivity index (χ4v) is 2.27. The molecule has 3 N–H and O–H groups in total. The van der Waals surface area contributed by atoms with Crippen LogP contribution in [0.5, 0.6) is 0 Å². The van der Waals surface area contributed by atoms with Crippen molar-refractivity contribution in [2.75, 3.05) is 13.1 Å². The Morgan fingerprint density at radius 2 is 1.67 bits per heavy atom. The molecule has 0 fully saturated rings. The standard InChI is InChI=1S/C13H26N2/c1-6-7-15-13(10-14,8-11(2)3)9-12(4)5/h1,11-12,15H,7-10,14H2,2-5H3. The first kappa shape index (κ1) is 14.5. The van der Waals surface area contributed by atoms with E-state index in [9.17, 15) is 0 Å². The van der Waals surface area contributed by atoms with E-state index in [1.165, 1.54) is 0 Å². The lowest BCUT2D eigenvalue weighted by Gasteiger charge is -2.36. The number of nitrogens with two attached hydrogens (primary N) is 1. The maximum atomic E-state index is 5.91. The molecule has 0 rings (SSSR count). The van der Waals surface area contributed by atoms with Gasteiger partial charge in [0.05, 0.1) is 6.54 Å². The highest BCUT2D eigenvalue weighted by Gasteiger charge is 2.29. The molecule has 0 aliphatic carbocycles. The summed E-state index contributed by atoms with van der Waals surface area (Å²) in [7, 11) is 0. The Hall–Kier alpha value is -0.520. The molecule has 0 aliphatic heterocycles. The van der Waals surface area contributed by atoms with Gasteiger partial charge < -0.3 is 5.73 Å². The van der Waals surface area contributed by atoms with E-state index in [4.69, 9.17) is 12.2 Å². The average molecular weight is 210 g/mol. The van der Waals surface area contributed by atoms with E-state index in [0.717, 1.165) is 12.8 Å². The molecule has 2 nitrogen and oxygen atoms in total. The number of hydrogen-bond acceptors (Lipinski definition) is 2. The average Bonchev–Trinajstić information content (AvgIpc) is 2.12. The van der Waals surface area contributed by atoms with E-state index in [-0.39, 0.29) is 5.54 Å². The topological polar surface area (TPSA) is 38.0 Å². The Kier molecular flexibility index (Phi) is 6.63. The van der Waals surface area contributed by atoms with Crippen molar-refractivity contribution in [2.24, 2.45) is 17.6 Å². The Labute approximate surface area is 95.0 Å². The molecular formula is C13H26N2. The Bertz CT molecular complexity index is 191. The summed E-state index contributed by atoms with van der Waals surface area (Å²) in [4.78, 5) is 0. The Balaban J connectivity index is 4.52. The van der Waals surface area contributed by atoms with Crippen LogP contribution in [-0.4, -0.2) is 18.6 Å². The van der Waals surface area contributed by atoms with Crippen molar-refractivity contribution in [1.82, 2.24) is 5.32 Å². The number of hydrogen-bond donors (Lipinski definition) is 2. The molecule has 0 aliphatic rings. The van der Waals surface area contributed by atoms with Gasteiger partial charge >= 0.3 is 0 Å². The summed E-state index contributed by atoms with van der Waals surface area (Å²) in [5, 5.41) is 3.43. The second kappa shape index (κ2) is 6.87. The molecule has 15 heavy (non-hydrogen) atoms.